The molecule has 7 nitrogen and oxygen atoms in total. The van der Waals surface area contributed by atoms with Crippen molar-refractivity contribution in [2.75, 3.05) is 5.32 Å². The highest BCUT2D eigenvalue weighted by Gasteiger charge is 2.11. The molecular weight excluding hydrogens is 389 g/mol. The Morgan fingerprint density at radius 2 is 2.07 bits per heavy atom. The molecular formula is C17H15ClFN7S. The van der Waals surface area contributed by atoms with Gasteiger partial charge in [0.2, 0.25) is 5.13 Å². The fraction of sp³-hybridized carbons (Fsp3) is 0.176. The van der Waals surface area contributed by atoms with Crippen molar-refractivity contribution in [1.82, 2.24) is 29.8 Å². The van der Waals surface area contributed by atoms with Crippen LogP contribution >= 0.6 is 22.9 Å². The molecule has 0 bridgehead atoms. The summed E-state index contributed by atoms with van der Waals surface area (Å²) >= 11 is 7.50. The molecule has 4 rings (SSSR count). The third-order valence-electron chi connectivity index (χ3n) is 3.94. The summed E-state index contributed by atoms with van der Waals surface area (Å²) < 4.78 is 17.4. The molecule has 0 radical (unpaired) electrons. The largest absolute Gasteiger partial charge is 0.313 e. The number of benzene rings is 1. The first-order chi connectivity index (χ1) is 13.1. The summed E-state index contributed by atoms with van der Waals surface area (Å²) in [6.45, 7) is 2.80. The van der Waals surface area contributed by atoms with Gasteiger partial charge >= 0.3 is 0 Å². The Hall–Kier alpha value is -2.78. The van der Waals surface area contributed by atoms with Crippen LogP contribution in [0.3, 0.4) is 0 Å². The Morgan fingerprint density at radius 1 is 1.19 bits per heavy atom. The first kappa shape index (κ1) is 17.6. The van der Waals surface area contributed by atoms with E-state index in [9.17, 15) is 4.39 Å². The maximum Gasteiger partial charge on any atom is 0.211 e. The Kier molecular flexibility index (Phi) is 4.87. The van der Waals surface area contributed by atoms with E-state index >= 15 is 0 Å². The minimum Gasteiger partial charge on any atom is -0.313 e. The third kappa shape index (κ3) is 3.99. The molecule has 0 aliphatic rings. The Labute approximate surface area is 163 Å². The molecule has 4 aromatic rings. The number of aromatic nitrogens is 6. The van der Waals surface area contributed by atoms with Gasteiger partial charge in [0.1, 0.15) is 10.8 Å². The summed E-state index contributed by atoms with van der Waals surface area (Å²) in [6, 6.07) is 8.35. The average Bonchev–Trinajstić information content (AvgIpc) is 3.36. The molecule has 138 valence electrons. The van der Waals surface area contributed by atoms with E-state index in [-0.39, 0.29) is 12.4 Å². The molecule has 0 spiro atoms. The number of aryl methyl sites for hydroxylation is 1. The summed E-state index contributed by atoms with van der Waals surface area (Å²) in [4.78, 5) is 0. The second-order valence-corrected chi connectivity index (χ2v) is 7.32. The predicted molar refractivity (Wildman–Crippen MR) is 102 cm³/mol. The van der Waals surface area contributed by atoms with Crippen LogP contribution in [0.5, 0.6) is 0 Å². The van der Waals surface area contributed by atoms with E-state index < -0.39 is 0 Å². The number of hydrogen-bond acceptors (Lipinski definition) is 6. The first-order valence-electron chi connectivity index (χ1n) is 8.12. The van der Waals surface area contributed by atoms with E-state index in [1.165, 1.54) is 17.4 Å². The van der Waals surface area contributed by atoms with Crippen LogP contribution in [0.25, 0.3) is 0 Å². The van der Waals surface area contributed by atoms with Gasteiger partial charge < -0.3 is 5.32 Å². The molecule has 0 aliphatic heterocycles. The zero-order chi connectivity index (χ0) is 18.8. The number of anilines is 2. The first-order valence-corrected chi connectivity index (χ1v) is 9.32. The maximum absolute atomic E-state index is 13.9. The second-order valence-electron chi connectivity index (χ2n) is 5.85. The fourth-order valence-corrected chi connectivity index (χ4v) is 3.48. The Bertz CT molecular complexity index is 1050. The van der Waals surface area contributed by atoms with Gasteiger partial charge in [0.15, 0.2) is 5.82 Å². The van der Waals surface area contributed by atoms with Crippen molar-refractivity contribution >= 4 is 33.9 Å². The summed E-state index contributed by atoms with van der Waals surface area (Å²) in [5.74, 6) is 0.246. The van der Waals surface area contributed by atoms with Crippen molar-refractivity contribution in [1.29, 1.82) is 0 Å². The lowest BCUT2D eigenvalue weighted by Crippen LogP contribution is -2.04. The molecule has 0 fully saturated rings. The number of halogens is 2. The highest BCUT2D eigenvalue weighted by molar-refractivity contribution is 7.15. The topological polar surface area (TPSA) is 73.5 Å². The van der Waals surface area contributed by atoms with Crippen LogP contribution in [0.2, 0.25) is 5.02 Å². The van der Waals surface area contributed by atoms with Gasteiger partial charge in [-0.2, -0.15) is 10.2 Å². The summed E-state index contributed by atoms with van der Waals surface area (Å²) in [7, 11) is 0. The number of nitrogens with one attached hydrogen (secondary N) is 1. The summed E-state index contributed by atoms with van der Waals surface area (Å²) in [6.07, 6.45) is 3.50. The molecule has 1 aromatic carbocycles. The molecule has 0 amide bonds. The van der Waals surface area contributed by atoms with Gasteiger partial charge in [-0.15, -0.1) is 10.2 Å². The highest BCUT2D eigenvalue weighted by atomic mass is 35.5. The standard InChI is InChI=1S/C17H15ClFN7S/c1-11-5-7-20-26(11)10-16-22-23-17(27-16)21-15-6-8-25(24-15)9-12-13(18)3-2-4-14(12)19/h2-8H,9-10H2,1H3,(H,21,23,24). The van der Waals surface area contributed by atoms with E-state index in [1.807, 2.05) is 17.7 Å². The van der Waals surface area contributed by atoms with Gasteiger partial charge in [0.05, 0.1) is 13.1 Å². The van der Waals surface area contributed by atoms with Gasteiger partial charge in [0.25, 0.3) is 0 Å². The fourth-order valence-electron chi connectivity index (χ4n) is 2.53. The number of hydrogen-bond donors (Lipinski definition) is 1. The van der Waals surface area contributed by atoms with Crippen molar-refractivity contribution < 1.29 is 4.39 Å². The van der Waals surface area contributed by atoms with Crippen molar-refractivity contribution in [3.05, 3.63) is 69.8 Å². The number of nitrogens with zero attached hydrogens (tertiary/aromatic N) is 6. The SMILES string of the molecule is Cc1ccnn1Cc1nnc(Nc2ccn(Cc3c(F)cccc3Cl)n2)s1. The van der Waals surface area contributed by atoms with Crippen molar-refractivity contribution in [3.8, 4) is 0 Å². The van der Waals surface area contributed by atoms with Crippen LogP contribution in [0.1, 0.15) is 16.3 Å². The minimum absolute atomic E-state index is 0.243. The summed E-state index contributed by atoms with van der Waals surface area (Å²) in [5, 5.41) is 21.9. The normalized spacial score (nSPS) is 11.1. The van der Waals surface area contributed by atoms with Crippen LogP contribution in [0, 0.1) is 12.7 Å². The molecule has 1 N–H and O–H groups in total. The van der Waals surface area contributed by atoms with Crippen molar-refractivity contribution in [2.45, 2.75) is 20.0 Å². The number of rotatable bonds is 6. The molecule has 27 heavy (non-hydrogen) atoms. The Morgan fingerprint density at radius 3 is 2.85 bits per heavy atom. The molecule has 0 unspecified atom stereocenters. The molecule has 3 heterocycles. The zero-order valence-corrected chi connectivity index (χ0v) is 15.9. The van der Waals surface area contributed by atoms with E-state index in [0.29, 0.717) is 28.1 Å². The molecule has 10 heteroatoms. The van der Waals surface area contributed by atoms with Crippen molar-refractivity contribution in [3.63, 3.8) is 0 Å². The molecule has 0 aliphatic carbocycles. The quantitative estimate of drug-likeness (QED) is 0.529. The lowest BCUT2D eigenvalue weighted by Gasteiger charge is -2.05. The lowest BCUT2D eigenvalue weighted by molar-refractivity contribution is 0.586. The van der Waals surface area contributed by atoms with Crippen LogP contribution in [0.15, 0.2) is 42.7 Å². The van der Waals surface area contributed by atoms with E-state index in [0.717, 1.165) is 10.7 Å². The zero-order valence-electron chi connectivity index (χ0n) is 14.3. The minimum atomic E-state index is -0.352. The summed E-state index contributed by atoms with van der Waals surface area (Å²) in [5.41, 5.74) is 1.46. The van der Waals surface area contributed by atoms with Crippen LogP contribution in [-0.2, 0) is 13.1 Å². The monoisotopic (exact) mass is 403 g/mol. The van der Waals surface area contributed by atoms with Crippen LogP contribution < -0.4 is 5.32 Å². The van der Waals surface area contributed by atoms with E-state index in [4.69, 9.17) is 11.6 Å². The van der Waals surface area contributed by atoms with Gasteiger partial charge in [0, 0.05) is 34.7 Å². The molecule has 0 saturated carbocycles. The third-order valence-corrected chi connectivity index (χ3v) is 5.12. The molecule has 0 atom stereocenters. The average molecular weight is 404 g/mol. The lowest BCUT2D eigenvalue weighted by atomic mass is 10.2. The predicted octanol–water partition coefficient (Wildman–Crippen LogP) is 3.87. The van der Waals surface area contributed by atoms with Crippen LogP contribution in [0.4, 0.5) is 15.3 Å². The molecule has 3 aromatic heterocycles. The van der Waals surface area contributed by atoms with Gasteiger partial charge in [-0.3, -0.25) is 9.36 Å². The van der Waals surface area contributed by atoms with Gasteiger partial charge in [-0.05, 0) is 25.1 Å². The van der Waals surface area contributed by atoms with E-state index in [1.54, 1.807) is 35.3 Å². The van der Waals surface area contributed by atoms with E-state index in [2.05, 4.69) is 25.7 Å². The van der Waals surface area contributed by atoms with Crippen LogP contribution in [-0.4, -0.2) is 29.8 Å². The van der Waals surface area contributed by atoms with Gasteiger partial charge in [-0.1, -0.05) is 29.0 Å². The molecule has 0 saturated heterocycles. The smallest absolute Gasteiger partial charge is 0.211 e. The highest BCUT2D eigenvalue weighted by Crippen LogP contribution is 2.22. The van der Waals surface area contributed by atoms with Gasteiger partial charge in [-0.25, -0.2) is 4.39 Å². The maximum atomic E-state index is 13.9. The second kappa shape index (κ2) is 7.45. The Balaban J connectivity index is 1.43. The van der Waals surface area contributed by atoms with Crippen molar-refractivity contribution in [2.24, 2.45) is 0 Å².